The molecule has 1 aliphatic heterocycles. The highest BCUT2D eigenvalue weighted by molar-refractivity contribution is 5.70. The number of pyridine rings is 1. The molecule has 2 N–H and O–H groups in total. The molecule has 5 rings (SSSR count). The van der Waals surface area contributed by atoms with Gasteiger partial charge >= 0.3 is 6.01 Å². The summed E-state index contributed by atoms with van der Waals surface area (Å²) < 4.78 is 18.7. The van der Waals surface area contributed by atoms with Gasteiger partial charge in [-0.05, 0) is 47.4 Å². The summed E-state index contributed by atoms with van der Waals surface area (Å²) in [5, 5.41) is 29.5. The van der Waals surface area contributed by atoms with Gasteiger partial charge in [-0.25, -0.2) is 4.57 Å². The summed E-state index contributed by atoms with van der Waals surface area (Å²) in [6.45, 7) is 4.32. The number of aromatic nitrogens is 4. The van der Waals surface area contributed by atoms with Crippen molar-refractivity contribution in [2.75, 3.05) is 6.79 Å². The van der Waals surface area contributed by atoms with Gasteiger partial charge in [0, 0.05) is 24.5 Å². The summed E-state index contributed by atoms with van der Waals surface area (Å²) in [7, 11) is 0. The van der Waals surface area contributed by atoms with E-state index in [1.807, 2.05) is 32.0 Å². The van der Waals surface area contributed by atoms with E-state index in [4.69, 9.17) is 14.2 Å². The Balaban J connectivity index is 1.63. The van der Waals surface area contributed by atoms with Crippen LogP contribution in [-0.2, 0) is 6.61 Å². The fourth-order valence-corrected chi connectivity index (χ4v) is 3.66. The van der Waals surface area contributed by atoms with E-state index in [9.17, 15) is 10.2 Å². The third kappa shape index (κ3) is 3.89. The zero-order valence-corrected chi connectivity index (χ0v) is 18.1. The first-order valence-electron chi connectivity index (χ1n) is 10.4. The van der Waals surface area contributed by atoms with Gasteiger partial charge in [0.1, 0.15) is 18.1 Å². The number of hydrogen-bond acceptors (Lipinski definition) is 8. The van der Waals surface area contributed by atoms with Gasteiger partial charge in [0.05, 0.1) is 11.3 Å². The van der Waals surface area contributed by atoms with Crippen molar-refractivity contribution in [1.82, 2.24) is 19.7 Å². The van der Waals surface area contributed by atoms with Gasteiger partial charge in [-0.3, -0.25) is 4.98 Å². The summed E-state index contributed by atoms with van der Waals surface area (Å²) >= 11 is 0. The Hall–Kier alpha value is -4.27. The maximum Gasteiger partial charge on any atom is 0.322 e. The molecule has 0 atom stereocenters. The highest BCUT2D eigenvalue weighted by atomic mass is 16.7. The second-order valence-corrected chi connectivity index (χ2v) is 7.91. The minimum absolute atomic E-state index is 0.0227. The minimum atomic E-state index is -0.119. The topological polar surface area (TPSA) is 112 Å². The van der Waals surface area contributed by atoms with Crippen LogP contribution < -0.4 is 14.2 Å². The van der Waals surface area contributed by atoms with Gasteiger partial charge in [-0.1, -0.05) is 18.9 Å². The summed E-state index contributed by atoms with van der Waals surface area (Å²) in [5.74, 6) is 1.53. The molecule has 2 aromatic heterocycles. The van der Waals surface area contributed by atoms with Crippen molar-refractivity contribution < 1.29 is 24.4 Å². The lowest BCUT2D eigenvalue weighted by Crippen LogP contribution is -2.05. The zero-order valence-electron chi connectivity index (χ0n) is 18.1. The van der Waals surface area contributed by atoms with Gasteiger partial charge in [0.2, 0.25) is 6.79 Å². The van der Waals surface area contributed by atoms with Crippen LogP contribution in [0, 0.1) is 0 Å². The molecule has 1 aliphatic rings. The molecule has 0 unspecified atom stereocenters. The van der Waals surface area contributed by atoms with E-state index in [1.54, 1.807) is 35.2 Å². The van der Waals surface area contributed by atoms with Crippen LogP contribution in [0.1, 0.15) is 30.9 Å². The number of phenols is 2. The molecule has 0 aliphatic carbocycles. The molecule has 3 heterocycles. The fraction of sp³-hybridized carbons (Fsp3) is 0.208. The predicted molar refractivity (Wildman–Crippen MR) is 119 cm³/mol. The molecule has 0 fully saturated rings. The van der Waals surface area contributed by atoms with E-state index in [0.29, 0.717) is 34.1 Å². The molecule has 0 saturated heterocycles. The molecule has 0 amide bonds. The predicted octanol–water partition coefficient (Wildman–Crippen LogP) is 4.17. The molecule has 0 radical (unpaired) electrons. The number of rotatable bonds is 6. The number of hydrogen-bond donors (Lipinski definition) is 2. The maximum absolute atomic E-state index is 10.7. The van der Waals surface area contributed by atoms with Crippen LogP contribution in [0.15, 0.2) is 54.9 Å². The molecule has 0 saturated carbocycles. The first kappa shape index (κ1) is 20.6. The van der Waals surface area contributed by atoms with E-state index < -0.39 is 0 Å². The third-order valence-electron chi connectivity index (χ3n) is 5.37. The second kappa shape index (κ2) is 8.34. The summed E-state index contributed by atoms with van der Waals surface area (Å²) in [6.07, 6.45) is 3.38. The molecular formula is C24H22N4O5. The molecule has 4 aromatic rings. The molecule has 0 spiro atoms. The third-order valence-corrected chi connectivity index (χ3v) is 5.37. The number of aromatic hydroxyl groups is 2. The van der Waals surface area contributed by atoms with Crippen LogP contribution in [0.2, 0.25) is 0 Å². The lowest BCUT2D eigenvalue weighted by atomic mass is 9.98. The SMILES string of the molecule is CC(C)c1cc(-c2nnc(OCc3ccncc3)n2-c2ccc3c(c2)OCO3)c(O)cc1O. The number of phenolic OH excluding ortho intramolecular Hbond substituents is 2. The Kier molecular flexibility index (Phi) is 5.21. The Morgan fingerprint density at radius 1 is 0.970 bits per heavy atom. The van der Waals surface area contributed by atoms with Crippen molar-refractivity contribution in [2.24, 2.45) is 0 Å². The Labute approximate surface area is 189 Å². The molecule has 33 heavy (non-hydrogen) atoms. The van der Waals surface area contributed by atoms with Crippen LogP contribution in [0.5, 0.6) is 29.0 Å². The highest BCUT2D eigenvalue weighted by Gasteiger charge is 2.24. The molecule has 0 bridgehead atoms. The van der Waals surface area contributed by atoms with Gasteiger partial charge in [0.15, 0.2) is 17.3 Å². The van der Waals surface area contributed by atoms with E-state index in [2.05, 4.69) is 15.2 Å². The first-order chi connectivity index (χ1) is 16.0. The molecule has 9 heteroatoms. The number of nitrogens with zero attached hydrogens (tertiary/aromatic N) is 4. The van der Waals surface area contributed by atoms with Crippen LogP contribution in [0.4, 0.5) is 0 Å². The Bertz CT molecular complexity index is 1300. The van der Waals surface area contributed by atoms with Gasteiger partial charge in [-0.2, -0.15) is 0 Å². The highest BCUT2D eigenvalue weighted by Crippen LogP contribution is 2.40. The van der Waals surface area contributed by atoms with Gasteiger partial charge in [0.25, 0.3) is 0 Å². The van der Waals surface area contributed by atoms with Crippen molar-refractivity contribution >= 4 is 0 Å². The van der Waals surface area contributed by atoms with E-state index in [0.717, 1.165) is 5.56 Å². The largest absolute Gasteiger partial charge is 0.508 e. The normalized spacial score (nSPS) is 12.3. The standard InChI is InChI=1S/C24H22N4O5/c1-14(2)17-10-18(20(30)11-19(17)29)23-26-27-24(31-12-15-5-7-25-8-6-15)28(23)16-3-4-21-22(9-16)33-13-32-21/h3-11,14,29-30H,12-13H2,1-2H3. The van der Waals surface area contributed by atoms with Gasteiger partial charge < -0.3 is 24.4 Å². The van der Waals surface area contributed by atoms with Crippen LogP contribution in [0.3, 0.4) is 0 Å². The lowest BCUT2D eigenvalue weighted by molar-refractivity contribution is 0.174. The maximum atomic E-state index is 10.7. The van der Waals surface area contributed by atoms with Crippen molar-refractivity contribution in [1.29, 1.82) is 0 Å². The number of fused-ring (bicyclic) bond motifs is 1. The van der Waals surface area contributed by atoms with Crippen LogP contribution in [-0.4, -0.2) is 36.8 Å². The molecule has 9 nitrogen and oxygen atoms in total. The van der Waals surface area contributed by atoms with Crippen molar-refractivity contribution in [3.05, 3.63) is 66.0 Å². The van der Waals surface area contributed by atoms with Crippen molar-refractivity contribution in [2.45, 2.75) is 26.4 Å². The van der Waals surface area contributed by atoms with E-state index in [-0.39, 0.29) is 36.8 Å². The monoisotopic (exact) mass is 446 g/mol. The first-order valence-corrected chi connectivity index (χ1v) is 10.4. The van der Waals surface area contributed by atoms with E-state index in [1.165, 1.54) is 6.07 Å². The zero-order chi connectivity index (χ0) is 22.9. The molecule has 2 aromatic carbocycles. The smallest absolute Gasteiger partial charge is 0.322 e. The Morgan fingerprint density at radius 3 is 2.55 bits per heavy atom. The Morgan fingerprint density at radius 2 is 1.76 bits per heavy atom. The molecule has 168 valence electrons. The minimum Gasteiger partial charge on any atom is -0.508 e. The van der Waals surface area contributed by atoms with Crippen molar-refractivity contribution in [3.8, 4) is 46.1 Å². The summed E-state index contributed by atoms with van der Waals surface area (Å²) in [6, 6.07) is 12.4. The molecular weight excluding hydrogens is 424 g/mol. The quantitative estimate of drug-likeness (QED) is 0.454. The van der Waals surface area contributed by atoms with Crippen LogP contribution in [0.25, 0.3) is 17.1 Å². The average Bonchev–Trinajstić information content (AvgIpc) is 3.44. The van der Waals surface area contributed by atoms with E-state index >= 15 is 0 Å². The fourth-order valence-electron chi connectivity index (χ4n) is 3.66. The summed E-state index contributed by atoms with van der Waals surface area (Å²) in [5.41, 5.74) is 2.69. The summed E-state index contributed by atoms with van der Waals surface area (Å²) in [4.78, 5) is 4.02. The van der Waals surface area contributed by atoms with Gasteiger partial charge in [-0.15, -0.1) is 5.10 Å². The van der Waals surface area contributed by atoms with Crippen LogP contribution >= 0.6 is 0 Å². The number of ether oxygens (including phenoxy) is 3. The lowest BCUT2D eigenvalue weighted by Gasteiger charge is -2.15. The second-order valence-electron chi connectivity index (χ2n) is 7.91. The van der Waals surface area contributed by atoms with Crippen molar-refractivity contribution in [3.63, 3.8) is 0 Å². The number of benzene rings is 2. The average molecular weight is 446 g/mol.